The van der Waals surface area contributed by atoms with Gasteiger partial charge in [-0.05, 0) is 54.1 Å². The number of rotatable bonds is 2. The lowest BCUT2D eigenvalue weighted by Crippen LogP contribution is -2.11. The molecule has 1 aliphatic carbocycles. The number of halogens is 3. The van der Waals surface area contributed by atoms with Gasteiger partial charge in [-0.15, -0.1) is 22.7 Å². The van der Waals surface area contributed by atoms with Gasteiger partial charge in [-0.2, -0.15) is 13.2 Å². The van der Waals surface area contributed by atoms with Crippen molar-refractivity contribution < 1.29 is 18.0 Å². The number of aryl methyl sites for hydroxylation is 2. The zero-order valence-corrected chi connectivity index (χ0v) is 14.4. The Bertz CT molecular complexity index is 955. The van der Waals surface area contributed by atoms with Crippen LogP contribution in [0.15, 0.2) is 41.8 Å². The van der Waals surface area contributed by atoms with E-state index < -0.39 is 11.7 Å². The van der Waals surface area contributed by atoms with E-state index in [-0.39, 0.29) is 11.6 Å². The molecule has 0 saturated carbocycles. The molecule has 2 nitrogen and oxygen atoms in total. The third kappa shape index (κ3) is 3.09. The van der Waals surface area contributed by atoms with Crippen molar-refractivity contribution in [3.05, 3.63) is 62.7 Å². The predicted octanol–water partition coefficient (Wildman–Crippen LogP) is 5.85. The van der Waals surface area contributed by atoms with E-state index in [1.807, 2.05) is 11.4 Å². The molecular formula is C18H12F3NOS2. The number of alkyl halides is 3. The molecule has 0 aliphatic heterocycles. The van der Waals surface area contributed by atoms with Gasteiger partial charge in [0.1, 0.15) is 0 Å². The number of hydrogen-bond donors (Lipinski definition) is 1. The Kier molecular flexibility index (Phi) is 3.92. The Balaban J connectivity index is 1.59. The first-order chi connectivity index (χ1) is 11.9. The van der Waals surface area contributed by atoms with Crippen LogP contribution in [0.3, 0.4) is 0 Å². The fourth-order valence-corrected chi connectivity index (χ4v) is 5.01. The minimum Gasteiger partial charge on any atom is -0.321 e. The molecule has 0 atom stereocenters. The molecule has 4 rings (SSSR count). The number of anilines is 1. The summed E-state index contributed by atoms with van der Waals surface area (Å²) in [7, 11) is 0. The summed E-state index contributed by atoms with van der Waals surface area (Å²) in [6.45, 7) is 0. The van der Waals surface area contributed by atoms with Gasteiger partial charge >= 0.3 is 6.18 Å². The number of carbonyl (C=O) groups excluding carboxylic acids is 1. The molecule has 1 amide bonds. The van der Waals surface area contributed by atoms with Crippen LogP contribution in [0.25, 0.3) is 10.4 Å². The molecule has 128 valence electrons. The Morgan fingerprint density at radius 3 is 2.76 bits per heavy atom. The fraction of sp³-hybridized carbons (Fsp3) is 0.167. The van der Waals surface area contributed by atoms with E-state index in [0.29, 0.717) is 4.88 Å². The van der Waals surface area contributed by atoms with Crippen LogP contribution < -0.4 is 5.32 Å². The summed E-state index contributed by atoms with van der Waals surface area (Å²) < 4.78 is 38.4. The second kappa shape index (κ2) is 6.00. The van der Waals surface area contributed by atoms with Crippen molar-refractivity contribution in [1.29, 1.82) is 0 Å². The number of hydrogen-bond acceptors (Lipinski definition) is 3. The quantitative estimate of drug-likeness (QED) is 0.595. The number of nitrogens with one attached hydrogen (secondary N) is 1. The molecule has 1 aliphatic rings. The van der Waals surface area contributed by atoms with E-state index in [0.717, 1.165) is 35.4 Å². The maximum atomic E-state index is 12.8. The van der Waals surface area contributed by atoms with E-state index in [1.54, 1.807) is 11.3 Å². The molecule has 1 aromatic carbocycles. The average Bonchev–Trinajstić information content (AvgIpc) is 3.20. The number of carbonyl (C=O) groups is 1. The van der Waals surface area contributed by atoms with Crippen LogP contribution in [-0.2, 0) is 19.0 Å². The Morgan fingerprint density at radius 2 is 1.96 bits per heavy atom. The van der Waals surface area contributed by atoms with E-state index >= 15 is 0 Å². The topological polar surface area (TPSA) is 29.1 Å². The number of fused-ring (bicyclic) bond motifs is 3. The van der Waals surface area contributed by atoms with E-state index in [9.17, 15) is 18.0 Å². The summed E-state index contributed by atoms with van der Waals surface area (Å²) in [6, 6.07) is 8.58. The second-order valence-electron chi connectivity index (χ2n) is 5.76. The molecular weight excluding hydrogens is 367 g/mol. The van der Waals surface area contributed by atoms with Gasteiger partial charge in [0.2, 0.25) is 0 Å². The lowest BCUT2D eigenvalue weighted by Gasteiger charge is -2.10. The Labute approximate surface area is 149 Å². The van der Waals surface area contributed by atoms with E-state index in [4.69, 9.17) is 0 Å². The van der Waals surface area contributed by atoms with Crippen LogP contribution in [0.4, 0.5) is 18.9 Å². The number of amides is 1. The van der Waals surface area contributed by atoms with Gasteiger partial charge in [0.25, 0.3) is 5.91 Å². The van der Waals surface area contributed by atoms with Gasteiger partial charge in [0.15, 0.2) is 0 Å². The normalized spacial score (nSPS) is 13.2. The molecule has 0 bridgehead atoms. The van der Waals surface area contributed by atoms with Gasteiger partial charge in [-0.3, -0.25) is 4.79 Å². The molecule has 7 heteroatoms. The first-order valence-electron chi connectivity index (χ1n) is 7.60. The van der Waals surface area contributed by atoms with Crippen molar-refractivity contribution in [2.24, 2.45) is 0 Å². The summed E-state index contributed by atoms with van der Waals surface area (Å²) in [4.78, 5) is 15.4. The van der Waals surface area contributed by atoms with E-state index in [1.165, 1.54) is 33.9 Å². The molecule has 2 heterocycles. The van der Waals surface area contributed by atoms with Gasteiger partial charge in [-0.1, -0.05) is 6.07 Å². The molecule has 2 aromatic heterocycles. The van der Waals surface area contributed by atoms with Gasteiger partial charge in [-0.25, -0.2) is 0 Å². The van der Waals surface area contributed by atoms with Crippen LogP contribution in [0, 0.1) is 0 Å². The smallest absolute Gasteiger partial charge is 0.321 e. The first kappa shape index (κ1) is 16.4. The van der Waals surface area contributed by atoms with Crippen LogP contribution in [0.2, 0.25) is 0 Å². The van der Waals surface area contributed by atoms with Crippen molar-refractivity contribution in [3.8, 4) is 10.4 Å². The highest BCUT2D eigenvalue weighted by Crippen LogP contribution is 2.42. The van der Waals surface area contributed by atoms with Gasteiger partial charge in [0, 0.05) is 21.0 Å². The van der Waals surface area contributed by atoms with Crippen LogP contribution >= 0.6 is 22.7 Å². The molecule has 0 spiro atoms. The van der Waals surface area contributed by atoms with E-state index in [2.05, 4.69) is 11.4 Å². The first-order valence-corrected chi connectivity index (χ1v) is 9.29. The lowest BCUT2D eigenvalue weighted by molar-refractivity contribution is -0.137. The highest BCUT2D eigenvalue weighted by Gasteiger charge is 2.30. The zero-order chi connectivity index (χ0) is 17.6. The summed E-state index contributed by atoms with van der Waals surface area (Å²) in [6.07, 6.45) is -2.58. The van der Waals surface area contributed by atoms with Crippen molar-refractivity contribution in [2.45, 2.75) is 19.0 Å². The molecule has 0 fully saturated rings. The van der Waals surface area contributed by atoms with Crippen LogP contribution in [-0.4, -0.2) is 5.91 Å². The van der Waals surface area contributed by atoms with Crippen LogP contribution in [0.1, 0.15) is 25.7 Å². The average molecular weight is 379 g/mol. The number of thiophene rings is 2. The van der Waals surface area contributed by atoms with Crippen LogP contribution in [0.5, 0.6) is 0 Å². The highest BCUT2D eigenvalue weighted by atomic mass is 32.1. The highest BCUT2D eigenvalue weighted by molar-refractivity contribution is 7.18. The molecule has 0 unspecified atom stereocenters. The lowest BCUT2D eigenvalue weighted by atomic mass is 9.98. The standard InChI is InChI=1S/C18H12F3NOS2/c19-18(20,21)11-2-1-3-12(9-11)22-17(23)15-8-10-4-5-14-13(6-7-24-14)16(10)25-15/h1-3,6-9H,4-5H2,(H,22,23). The summed E-state index contributed by atoms with van der Waals surface area (Å²) in [5, 5.41) is 4.62. The van der Waals surface area contributed by atoms with Crippen molar-refractivity contribution in [1.82, 2.24) is 0 Å². The molecule has 25 heavy (non-hydrogen) atoms. The molecule has 0 saturated heterocycles. The van der Waals surface area contributed by atoms with Crippen molar-refractivity contribution in [3.63, 3.8) is 0 Å². The zero-order valence-electron chi connectivity index (χ0n) is 12.8. The Hall–Kier alpha value is -2.12. The monoisotopic (exact) mass is 379 g/mol. The summed E-state index contributed by atoms with van der Waals surface area (Å²) in [5.74, 6) is -0.379. The number of benzene rings is 1. The minimum absolute atomic E-state index is 0.141. The van der Waals surface area contributed by atoms with Crippen molar-refractivity contribution in [2.75, 3.05) is 5.32 Å². The SMILES string of the molecule is O=C(Nc1cccc(C(F)(F)F)c1)c1cc2c(s1)-c1ccsc1CC2. The van der Waals surface area contributed by atoms with Crippen molar-refractivity contribution >= 4 is 34.3 Å². The maximum Gasteiger partial charge on any atom is 0.416 e. The Morgan fingerprint density at radius 1 is 1.12 bits per heavy atom. The van der Waals surface area contributed by atoms with Gasteiger partial charge < -0.3 is 5.32 Å². The van der Waals surface area contributed by atoms with Gasteiger partial charge in [0.05, 0.1) is 10.4 Å². The largest absolute Gasteiger partial charge is 0.416 e. The fourth-order valence-electron chi connectivity index (χ4n) is 2.91. The summed E-state index contributed by atoms with van der Waals surface area (Å²) in [5.41, 5.74) is 1.67. The molecule has 3 aromatic rings. The third-order valence-electron chi connectivity index (χ3n) is 4.09. The second-order valence-corrected chi connectivity index (χ2v) is 7.81. The molecule has 1 N–H and O–H groups in total. The third-order valence-corrected chi connectivity index (χ3v) is 6.28. The summed E-state index contributed by atoms with van der Waals surface area (Å²) >= 11 is 3.10. The maximum absolute atomic E-state index is 12.8. The molecule has 0 radical (unpaired) electrons. The minimum atomic E-state index is -4.43. The predicted molar refractivity (Wildman–Crippen MR) is 94.4 cm³/mol.